The molecule has 4 heterocycles. The minimum Gasteiger partial charge on any atom is -0.548 e. The number of sulfonamides is 1. The summed E-state index contributed by atoms with van der Waals surface area (Å²) in [5, 5.41) is 27.7. The third-order valence-corrected chi connectivity index (χ3v) is 10.7. The number of thioether (sulfide) groups is 1. The maximum absolute atomic E-state index is 12.9. The third kappa shape index (κ3) is 7.09. The first-order valence-corrected chi connectivity index (χ1v) is 16.0. The Labute approximate surface area is 243 Å². The van der Waals surface area contributed by atoms with Crippen LogP contribution in [-0.4, -0.2) is 101 Å². The molecular weight excluding hydrogens is 598 g/mol. The number of carbonyl (C=O) groups is 5. The molecule has 2 N–H and O–H groups in total. The number of carbonyl (C=O) groups excluding carboxylic acids is 5. The van der Waals surface area contributed by atoms with Gasteiger partial charge >= 0.3 is 0 Å². The number of hydrogen-bond acceptors (Lipinski definition) is 11. The van der Waals surface area contributed by atoms with Gasteiger partial charge in [-0.1, -0.05) is 6.07 Å². The number of carboxylic acid groups (broad SMARTS) is 2. The molecule has 0 saturated carbocycles. The minimum atomic E-state index is -3.89. The highest BCUT2D eigenvalue weighted by Crippen LogP contribution is 2.24. The Hall–Kier alpha value is -3.41. The van der Waals surface area contributed by atoms with Gasteiger partial charge in [0.05, 0.1) is 35.5 Å². The van der Waals surface area contributed by atoms with Gasteiger partial charge in [-0.2, -0.15) is 0 Å². The molecule has 41 heavy (non-hydrogen) atoms. The average molecular weight is 626 g/mol. The molecule has 0 aliphatic carbocycles. The highest BCUT2D eigenvalue weighted by Gasteiger charge is 2.39. The number of aromatic nitrogens is 1. The van der Waals surface area contributed by atoms with Crippen LogP contribution < -0.4 is 20.3 Å². The Morgan fingerprint density at radius 1 is 0.951 bits per heavy atom. The van der Waals surface area contributed by atoms with Crippen LogP contribution in [0, 0.1) is 0 Å². The van der Waals surface area contributed by atoms with Crippen LogP contribution in [0.15, 0.2) is 40.1 Å². The molecule has 14 nitrogen and oxygen atoms in total. The largest absolute Gasteiger partial charge is 0.548 e. The summed E-state index contributed by atoms with van der Waals surface area (Å²) in [7, 11) is -2.21. The molecule has 0 bridgehead atoms. The molecule has 2 saturated heterocycles. The van der Waals surface area contributed by atoms with Crippen LogP contribution in [0.5, 0.6) is 0 Å². The summed E-state index contributed by atoms with van der Waals surface area (Å²) in [6.45, 7) is -0.259. The van der Waals surface area contributed by atoms with Crippen LogP contribution in [0.2, 0.25) is 0 Å². The van der Waals surface area contributed by atoms with Crippen molar-refractivity contribution in [2.24, 2.45) is 7.05 Å². The van der Waals surface area contributed by atoms with E-state index in [1.54, 1.807) is 41.4 Å². The minimum absolute atomic E-state index is 0.0440. The van der Waals surface area contributed by atoms with Crippen molar-refractivity contribution >= 4 is 62.8 Å². The van der Waals surface area contributed by atoms with Gasteiger partial charge in [-0.05, 0) is 36.4 Å². The van der Waals surface area contributed by atoms with E-state index in [9.17, 15) is 42.6 Å². The van der Waals surface area contributed by atoms with Gasteiger partial charge in [0.1, 0.15) is 9.90 Å². The van der Waals surface area contributed by atoms with E-state index in [-0.39, 0.29) is 41.6 Å². The second-order valence-electron chi connectivity index (χ2n) is 9.65. The fraction of sp³-hybridized carbons (Fsp3) is 0.458. The summed E-state index contributed by atoms with van der Waals surface area (Å²) in [6, 6.07) is 2.15. The van der Waals surface area contributed by atoms with Crippen molar-refractivity contribution in [2.75, 3.05) is 24.6 Å². The molecule has 0 unspecified atom stereocenters. The van der Waals surface area contributed by atoms with E-state index in [0.717, 1.165) is 32.9 Å². The second-order valence-corrected chi connectivity index (χ2v) is 13.5. The maximum Gasteiger partial charge on any atom is 0.268 e. The number of nitrogens with one attached hydrogen (secondary N) is 2. The van der Waals surface area contributed by atoms with Crippen molar-refractivity contribution in [3.63, 3.8) is 0 Å². The van der Waals surface area contributed by atoms with Crippen LogP contribution in [0.3, 0.4) is 0 Å². The normalized spacial score (nSPS) is 22.6. The van der Waals surface area contributed by atoms with E-state index in [1.807, 2.05) is 0 Å². The molecule has 4 rings (SSSR count). The van der Waals surface area contributed by atoms with Crippen molar-refractivity contribution in [2.45, 2.75) is 41.2 Å². The van der Waals surface area contributed by atoms with Crippen molar-refractivity contribution in [3.8, 4) is 0 Å². The highest BCUT2D eigenvalue weighted by molar-refractivity contribution is 8.00. The molecule has 2 fully saturated rings. The van der Waals surface area contributed by atoms with E-state index < -0.39 is 63.9 Å². The first-order chi connectivity index (χ1) is 19.4. The molecule has 0 aromatic carbocycles. The lowest BCUT2D eigenvalue weighted by Gasteiger charge is -2.26. The summed E-state index contributed by atoms with van der Waals surface area (Å²) in [6.07, 6.45) is 1.46. The summed E-state index contributed by atoms with van der Waals surface area (Å²) < 4.78 is 29.1. The molecule has 2 aromatic heterocycles. The standard InChI is InChI=1S/C24H29N5O9S3/c1-27-6-2-4-16(27)22(32)25-14-8-17(23(33)34)28(10-14)19(30)12-39-13-20(31)29-11-15(9-18(29)24(35)36)26-41(37,38)21-5-3-7-40-21/h2-7,14-15,17-18,26H,8-13H2,1H3,(H,25,32)(H,33,34)(H,35,36)/p-2/t14-,15-,17-,18-/m0/s1. The lowest BCUT2D eigenvalue weighted by atomic mass is 10.1. The van der Waals surface area contributed by atoms with Gasteiger partial charge < -0.3 is 39.5 Å². The first-order valence-electron chi connectivity index (χ1n) is 12.4. The molecule has 4 atom stereocenters. The number of rotatable bonds is 11. The molecule has 2 aromatic rings. The molecule has 2 aliphatic rings. The number of amides is 3. The zero-order chi connectivity index (χ0) is 29.9. The van der Waals surface area contributed by atoms with Crippen LogP contribution in [0.25, 0.3) is 0 Å². The Morgan fingerprint density at radius 3 is 2.05 bits per heavy atom. The number of hydrogen-bond donors (Lipinski definition) is 2. The Morgan fingerprint density at radius 2 is 1.54 bits per heavy atom. The van der Waals surface area contributed by atoms with E-state index >= 15 is 0 Å². The number of aryl methyl sites for hydroxylation is 1. The van der Waals surface area contributed by atoms with Gasteiger partial charge in [-0.25, -0.2) is 13.1 Å². The van der Waals surface area contributed by atoms with Crippen molar-refractivity contribution in [1.82, 2.24) is 24.4 Å². The topological polar surface area (TPSA) is 201 Å². The maximum atomic E-state index is 12.9. The highest BCUT2D eigenvalue weighted by atomic mass is 32.2. The van der Waals surface area contributed by atoms with Crippen LogP contribution in [0.1, 0.15) is 23.3 Å². The molecule has 17 heteroatoms. The van der Waals surface area contributed by atoms with Gasteiger partial charge in [-0.15, -0.1) is 23.1 Å². The van der Waals surface area contributed by atoms with Gasteiger partial charge in [0, 0.05) is 38.4 Å². The molecule has 3 amide bonds. The Kier molecular flexibility index (Phi) is 9.41. The van der Waals surface area contributed by atoms with Crippen LogP contribution in [-0.2, 0) is 36.2 Å². The monoisotopic (exact) mass is 625 g/mol. The Bertz CT molecular complexity index is 1430. The molecular formula is C24H27N5O9S3-2. The van der Waals surface area contributed by atoms with Gasteiger partial charge in [0.15, 0.2) is 0 Å². The smallest absolute Gasteiger partial charge is 0.268 e. The zero-order valence-electron chi connectivity index (χ0n) is 21.8. The molecule has 222 valence electrons. The lowest BCUT2D eigenvalue weighted by molar-refractivity contribution is -0.311. The molecule has 2 aliphatic heterocycles. The molecule has 0 spiro atoms. The second kappa shape index (κ2) is 12.6. The first kappa shape index (κ1) is 30.5. The number of nitrogens with zero attached hydrogens (tertiary/aromatic N) is 3. The van der Waals surface area contributed by atoms with E-state index in [1.165, 1.54) is 6.07 Å². The SMILES string of the molecule is Cn1cccc1C(=O)N[C@H]1C[C@@H](C(=O)[O-])N(C(=O)CSCC(=O)N2C[C@@H](NS(=O)(=O)c3cccs3)C[C@H]2C(=O)[O-])C1. The predicted molar refractivity (Wildman–Crippen MR) is 143 cm³/mol. The fourth-order valence-corrected chi connectivity index (χ4v) is 7.93. The zero-order valence-corrected chi connectivity index (χ0v) is 24.2. The van der Waals surface area contributed by atoms with E-state index in [2.05, 4.69) is 10.0 Å². The van der Waals surface area contributed by atoms with Crippen molar-refractivity contribution in [3.05, 3.63) is 41.5 Å². The summed E-state index contributed by atoms with van der Waals surface area (Å²) in [5.74, 6) is -5.25. The lowest BCUT2D eigenvalue weighted by Crippen LogP contribution is -2.48. The summed E-state index contributed by atoms with van der Waals surface area (Å²) in [4.78, 5) is 63.7. The van der Waals surface area contributed by atoms with Gasteiger partial charge in [0.2, 0.25) is 21.8 Å². The van der Waals surface area contributed by atoms with E-state index in [0.29, 0.717) is 5.69 Å². The number of thiophene rings is 1. The fourth-order valence-electron chi connectivity index (χ4n) is 4.90. The van der Waals surface area contributed by atoms with Crippen molar-refractivity contribution in [1.29, 1.82) is 0 Å². The summed E-state index contributed by atoms with van der Waals surface area (Å²) in [5.41, 5.74) is 0.368. The predicted octanol–water partition coefficient (Wildman–Crippen LogP) is -3.03. The Balaban J connectivity index is 1.30. The van der Waals surface area contributed by atoms with Gasteiger partial charge in [0.25, 0.3) is 5.91 Å². The summed E-state index contributed by atoms with van der Waals surface area (Å²) >= 11 is 1.86. The average Bonchev–Trinajstić information content (AvgIpc) is 3.69. The molecule has 0 radical (unpaired) electrons. The van der Waals surface area contributed by atoms with Gasteiger partial charge in [-0.3, -0.25) is 14.4 Å². The van der Waals surface area contributed by atoms with Crippen LogP contribution in [0.4, 0.5) is 0 Å². The number of likely N-dealkylation sites (tertiary alicyclic amines) is 2. The quantitative estimate of drug-likeness (QED) is 0.259. The third-order valence-electron chi connectivity index (χ3n) is 6.83. The van der Waals surface area contributed by atoms with E-state index in [4.69, 9.17) is 0 Å². The number of carboxylic acids is 2. The van der Waals surface area contributed by atoms with Crippen LogP contribution >= 0.6 is 23.1 Å². The number of aliphatic carboxylic acids is 2. The van der Waals surface area contributed by atoms with Crippen molar-refractivity contribution < 1.29 is 42.6 Å².